The van der Waals surface area contributed by atoms with E-state index >= 15 is 0 Å². The minimum Gasteiger partial charge on any atom is -0.497 e. The van der Waals surface area contributed by atoms with Gasteiger partial charge >= 0.3 is 0 Å². The average molecular weight is 327 g/mol. The van der Waals surface area contributed by atoms with Gasteiger partial charge < -0.3 is 14.8 Å². The molecule has 0 aromatic heterocycles. The first-order chi connectivity index (χ1) is 11.5. The minimum absolute atomic E-state index is 0.0208. The number of nitrogens with one attached hydrogen (secondary N) is 1. The molecule has 0 fully saturated rings. The SMILES string of the molecule is COc1ccc(C(C)(C)NC(=O)CCCOc2ccccc2)cc1. The summed E-state index contributed by atoms with van der Waals surface area (Å²) in [5, 5.41) is 3.07. The fourth-order valence-corrected chi connectivity index (χ4v) is 2.43. The monoisotopic (exact) mass is 327 g/mol. The number of hydrogen-bond donors (Lipinski definition) is 1. The van der Waals surface area contributed by atoms with Crippen molar-refractivity contribution in [2.24, 2.45) is 0 Å². The molecule has 0 saturated heterocycles. The number of ether oxygens (including phenoxy) is 2. The highest BCUT2D eigenvalue weighted by atomic mass is 16.5. The average Bonchev–Trinajstić information content (AvgIpc) is 2.59. The van der Waals surface area contributed by atoms with Crippen LogP contribution in [0.3, 0.4) is 0 Å². The predicted molar refractivity (Wildman–Crippen MR) is 95.3 cm³/mol. The first kappa shape index (κ1) is 17.9. The fraction of sp³-hybridized carbons (Fsp3) is 0.350. The second-order valence-corrected chi connectivity index (χ2v) is 6.17. The molecule has 0 radical (unpaired) electrons. The summed E-state index contributed by atoms with van der Waals surface area (Å²) in [6.07, 6.45) is 1.12. The maximum Gasteiger partial charge on any atom is 0.220 e. The standard InChI is InChI=1S/C20H25NO3/c1-20(2,16-11-13-17(23-3)14-12-16)21-19(22)10-7-15-24-18-8-5-4-6-9-18/h4-6,8-9,11-14H,7,10,15H2,1-3H3,(H,21,22). The zero-order valence-corrected chi connectivity index (χ0v) is 14.5. The van der Waals surface area contributed by atoms with Crippen molar-refractivity contribution in [3.05, 3.63) is 60.2 Å². The van der Waals surface area contributed by atoms with E-state index in [4.69, 9.17) is 9.47 Å². The lowest BCUT2D eigenvalue weighted by Gasteiger charge is -2.27. The number of hydrogen-bond acceptors (Lipinski definition) is 3. The third-order valence-corrected chi connectivity index (χ3v) is 3.82. The van der Waals surface area contributed by atoms with E-state index < -0.39 is 5.54 Å². The Hall–Kier alpha value is -2.49. The van der Waals surface area contributed by atoms with Gasteiger partial charge in [0, 0.05) is 6.42 Å². The quantitative estimate of drug-likeness (QED) is 0.748. The van der Waals surface area contributed by atoms with Crippen LogP contribution in [-0.2, 0) is 10.3 Å². The van der Waals surface area contributed by atoms with Crippen molar-refractivity contribution in [2.45, 2.75) is 32.2 Å². The Morgan fingerprint density at radius 1 is 1.00 bits per heavy atom. The van der Waals surface area contributed by atoms with Gasteiger partial charge in [0.1, 0.15) is 11.5 Å². The van der Waals surface area contributed by atoms with E-state index in [9.17, 15) is 4.79 Å². The lowest BCUT2D eigenvalue weighted by molar-refractivity contribution is -0.123. The highest BCUT2D eigenvalue weighted by molar-refractivity contribution is 5.76. The summed E-state index contributed by atoms with van der Waals surface area (Å²) in [5.41, 5.74) is 0.612. The normalized spacial score (nSPS) is 11.0. The van der Waals surface area contributed by atoms with Crippen LogP contribution in [0.15, 0.2) is 54.6 Å². The zero-order valence-electron chi connectivity index (χ0n) is 14.5. The molecule has 128 valence electrons. The molecule has 1 N–H and O–H groups in total. The summed E-state index contributed by atoms with van der Waals surface area (Å²) in [7, 11) is 1.64. The van der Waals surface area contributed by atoms with Gasteiger partial charge in [0.25, 0.3) is 0 Å². The zero-order chi connectivity index (χ0) is 17.4. The Balaban J connectivity index is 1.77. The van der Waals surface area contributed by atoms with Crippen LogP contribution in [0, 0.1) is 0 Å². The number of methoxy groups -OCH3 is 1. The Bertz CT molecular complexity index is 636. The summed E-state index contributed by atoms with van der Waals surface area (Å²) in [6.45, 7) is 4.51. The molecule has 4 heteroatoms. The Morgan fingerprint density at radius 2 is 1.67 bits per heavy atom. The number of rotatable bonds is 8. The molecule has 4 nitrogen and oxygen atoms in total. The van der Waals surface area contributed by atoms with E-state index in [1.807, 2.05) is 68.4 Å². The maximum absolute atomic E-state index is 12.2. The van der Waals surface area contributed by atoms with Gasteiger partial charge in [-0.25, -0.2) is 0 Å². The lowest BCUT2D eigenvalue weighted by atomic mass is 9.94. The Labute approximate surface area is 143 Å². The molecule has 2 rings (SSSR count). The van der Waals surface area contributed by atoms with Gasteiger partial charge in [-0.05, 0) is 50.1 Å². The molecule has 0 aliphatic rings. The molecule has 0 unspecified atom stereocenters. The van der Waals surface area contributed by atoms with Gasteiger partial charge in [0.05, 0.1) is 19.3 Å². The van der Waals surface area contributed by atoms with Crippen LogP contribution in [0.5, 0.6) is 11.5 Å². The predicted octanol–water partition coefficient (Wildman–Crippen LogP) is 3.91. The molecule has 0 atom stereocenters. The Morgan fingerprint density at radius 3 is 2.29 bits per heavy atom. The van der Waals surface area contributed by atoms with E-state index in [0.717, 1.165) is 17.1 Å². The fourth-order valence-electron chi connectivity index (χ4n) is 2.43. The van der Waals surface area contributed by atoms with Crippen LogP contribution in [-0.4, -0.2) is 19.6 Å². The second kappa shape index (κ2) is 8.39. The maximum atomic E-state index is 12.2. The number of amides is 1. The van der Waals surface area contributed by atoms with Gasteiger partial charge in [-0.2, -0.15) is 0 Å². The second-order valence-electron chi connectivity index (χ2n) is 6.17. The van der Waals surface area contributed by atoms with Crippen LogP contribution >= 0.6 is 0 Å². The largest absolute Gasteiger partial charge is 0.497 e. The van der Waals surface area contributed by atoms with Crippen molar-refractivity contribution in [3.63, 3.8) is 0 Å². The molecule has 1 amide bonds. The smallest absolute Gasteiger partial charge is 0.220 e. The van der Waals surface area contributed by atoms with Crippen molar-refractivity contribution in [3.8, 4) is 11.5 Å². The molecule has 0 aliphatic carbocycles. The van der Waals surface area contributed by atoms with Gasteiger partial charge in [0.2, 0.25) is 5.91 Å². The molecule has 0 saturated carbocycles. The Kier molecular flexibility index (Phi) is 6.24. The molecular weight excluding hydrogens is 302 g/mol. The highest BCUT2D eigenvalue weighted by Gasteiger charge is 2.22. The van der Waals surface area contributed by atoms with Crippen molar-refractivity contribution >= 4 is 5.91 Å². The van der Waals surface area contributed by atoms with E-state index in [-0.39, 0.29) is 5.91 Å². The van der Waals surface area contributed by atoms with Crippen LogP contribution in [0.25, 0.3) is 0 Å². The summed E-state index contributed by atoms with van der Waals surface area (Å²) < 4.78 is 10.8. The number of benzene rings is 2. The van der Waals surface area contributed by atoms with E-state index in [2.05, 4.69) is 5.32 Å². The first-order valence-corrected chi connectivity index (χ1v) is 8.14. The number of carbonyl (C=O) groups is 1. The van der Waals surface area contributed by atoms with Crippen molar-refractivity contribution < 1.29 is 14.3 Å². The molecule has 0 spiro atoms. The molecule has 2 aromatic rings. The highest BCUT2D eigenvalue weighted by Crippen LogP contribution is 2.22. The number of para-hydroxylation sites is 1. The van der Waals surface area contributed by atoms with Crippen LogP contribution in [0.2, 0.25) is 0 Å². The van der Waals surface area contributed by atoms with Crippen molar-refractivity contribution in [1.29, 1.82) is 0 Å². The summed E-state index contributed by atoms with van der Waals surface area (Å²) in [4.78, 5) is 12.2. The third kappa shape index (κ3) is 5.30. The molecule has 0 heterocycles. The van der Waals surface area contributed by atoms with E-state index in [0.29, 0.717) is 19.4 Å². The van der Waals surface area contributed by atoms with Crippen LogP contribution in [0.4, 0.5) is 0 Å². The molecule has 24 heavy (non-hydrogen) atoms. The molecule has 0 bridgehead atoms. The molecule has 2 aromatic carbocycles. The van der Waals surface area contributed by atoms with E-state index in [1.54, 1.807) is 7.11 Å². The first-order valence-electron chi connectivity index (χ1n) is 8.14. The topological polar surface area (TPSA) is 47.6 Å². The lowest BCUT2D eigenvalue weighted by Crippen LogP contribution is -2.40. The van der Waals surface area contributed by atoms with Crippen molar-refractivity contribution in [2.75, 3.05) is 13.7 Å². The summed E-state index contributed by atoms with van der Waals surface area (Å²) >= 11 is 0. The molecular formula is C20H25NO3. The van der Waals surface area contributed by atoms with Gasteiger partial charge in [0.15, 0.2) is 0 Å². The van der Waals surface area contributed by atoms with Gasteiger partial charge in [-0.1, -0.05) is 30.3 Å². The number of carbonyl (C=O) groups excluding carboxylic acids is 1. The summed E-state index contributed by atoms with van der Waals surface area (Å²) in [5.74, 6) is 1.66. The minimum atomic E-state index is -0.427. The van der Waals surface area contributed by atoms with E-state index in [1.165, 1.54) is 0 Å². The molecule has 0 aliphatic heterocycles. The summed E-state index contributed by atoms with van der Waals surface area (Å²) in [6, 6.07) is 17.4. The van der Waals surface area contributed by atoms with Gasteiger partial charge in [-0.3, -0.25) is 4.79 Å². The third-order valence-electron chi connectivity index (χ3n) is 3.82. The van der Waals surface area contributed by atoms with Crippen LogP contribution in [0.1, 0.15) is 32.3 Å². The van der Waals surface area contributed by atoms with Crippen LogP contribution < -0.4 is 14.8 Å². The van der Waals surface area contributed by atoms with Crippen molar-refractivity contribution in [1.82, 2.24) is 5.32 Å². The van der Waals surface area contributed by atoms with Gasteiger partial charge in [-0.15, -0.1) is 0 Å².